The largest absolute Gasteiger partial charge is 0.464 e. The van der Waals surface area contributed by atoms with Crippen LogP contribution in [0.1, 0.15) is 24.5 Å². The molecule has 0 amide bonds. The highest BCUT2D eigenvalue weighted by Crippen LogP contribution is 2.32. The Labute approximate surface area is 161 Å². The molecule has 140 valence electrons. The number of anilines is 1. The SMILES string of the molecule is O=c1cc(C2CCCN(c3nccc4occc34)C2)nc(-c2ccccc2)[nH]1. The summed E-state index contributed by atoms with van der Waals surface area (Å²) in [4.78, 5) is 26.8. The van der Waals surface area contributed by atoms with Crippen LogP contribution in [-0.4, -0.2) is 28.0 Å². The predicted molar refractivity (Wildman–Crippen MR) is 108 cm³/mol. The van der Waals surface area contributed by atoms with Gasteiger partial charge in [-0.05, 0) is 25.0 Å². The molecule has 1 N–H and O–H groups in total. The van der Waals surface area contributed by atoms with E-state index in [4.69, 9.17) is 9.40 Å². The first-order valence-corrected chi connectivity index (χ1v) is 9.52. The monoisotopic (exact) mass is 372 g/mol. The smallest absolute Gasteiger partial charge is 0.251 e. The lowest BCUT2D eigenvalue weighted by Gasteiger charge is -2.33. The zero-order chi connectivity index (χ0) is 18.9. The van der Waals surface area contributed by atoms with Crippen LogP contribution in [0.3, 0.4) is 0 Å². The standard InChI is InChI=1S/C22H20N4O2/c27-20-13-18(24-21(25-20)15-5-2-1-3-6-15)16-7-4-11-26(14-16)22-17-9-12-28-19(17)8-10-23-22/h1-3,5-6,8-10,12-13,16H,4,7,11,14H2,(H,24,25,27). The minimum Gasteiger partial charge on any atom is -0.464 e. The molecule has 1 fully saturated rings. The fourth-order valence-corrected chi connectivity index (χ4v) is 3.96. The number of H-pyrrole nitrogens is 1. The van der Waals surface area contributed by atoms with Crippen LogP contribution < -0.4 is 10.5 Å². The Morgan fingerprint density at radius 3 is 2.93 bits per heavy atom. The number of aromatic nitrogens is 3. The van der Waals surface area contributed by atoms with Crippen molar-refractivity contribution in [2.24, 2.45) is 0 Å². The van der Waals surface area contributed by atoms with Crippen molar-refractivity contribution < 1.29 is 4.42 Å². The van der Waals surface area contributed by atoms with Gasteiger partial charge in [0.1, 0.15) is 17.2 Å². The Bertz CT molecular complexity index is 1170. The van der Waals surface area contributed by atoms with Gasteiger partial charge in [0, 0.05) is 36.8 Å². The molecule has 0 radical (unpaired) electrons. The van der Waals surface area contributed by atoms with Crippen molar-refractivity contribution in [3.63, 3.8) is 0 Å². The summed E-state index contributed by atoms with van der Waals surface area (Å²) in [6.45, 7) is 1.71. The predicted octanol–water partition coefficient (Wildman–Crippen LogP) is 3.96. The maximum absolute atomic E-state index is 12.3. The van der Waals surface area contributed by atoms with Crippen molar-refractivity contribution in [1.82, 2.24) is 15.0 Å². The second-order valence-electron chi connectivity index (χ2n) is 7.14. The molecule has 5 rings (SSSR count). The lowest BCUT2D eigenvalue weighted by atomic mass is 9.94. The van der Waals surface area contributed by atoms with Crippen molar-refractivity contribution in [2.45, 2.75) is 18.8 Å². The number of pyridine rings is 1. The molecule has 3 aromatic heterocycles. The third-order valence-corrected chi connectivity index (χ3v) is 5.31. The highest BCUT2D eigenvalue weighted by Gasteiger charge is 2.25. The number of piperidine rings is 1. The number of furan rings is 1. The van der Waals surface area contributed by atoms with E-state index in [0.717, 1.165) is 54.0 Å². The summed E-state index contributed by atoms with van der Waals surface area (Å²) in [6, 6.07) is 15.2. The van der Waals surface area contributed by atoms with Crippen LogP contribution in [0, 0.1) is 0 Å². The Morgan fingerprint density at radius 1 is 1.14 bits per heavy atom. The Morgan fingerprint density at radius 2 is 2.04 bits per heavy atom. The number of aromatic amines is 1. The highest BCUT2D eigenvalue weighted by molar-refractivity contribution is 5.88. The van der Waals surface area contributed by atoms with E-state index in [1.54, 1.807) is 18.5 Å². The number of nitrogens with one attached hydrogen (secondary N) is 1. The second-order valence-corrected chi connectivity index (χ2v) is 7.14. The molecule has 0 aliphatic carbocycles. The molecule has 1 atom stereocenters. The summed E-state index contributed by atoms with van der Waals surface area (Å²) in [5.74, 6) is 1.74. The van der Waals surface area contributed by atoms with Gasteiger partial charge in [-0.25, -0.2) is 9.97 Å². The third-order valence-electron chi connectivity index (χ3n) is 5.31. The van der Waals surface area contributed by atoms with Crippen molar-refractivity contribution >= 4 is 16.8 Å². The van der Waals surface area contributed by atoms with Crippen molar-refractivity contribution in [1.29, 1.82) is 0 Å². The molecule has 28 heavy (non-hydrogen) atoms. The minimum atomic E-state index is -0.115. The van der Waals surface area contributed by atoms with Gasteiger partial charge in [0.05, 0.1) is 17.3 Å². The number of fused-ring (bicyclic) bond motifs is 1. The van der Waals surface area contributed by atoms with Crippen LogP contribution in [0.2, 0.25) is 0 Å². The van der Waals surface area contributed by atoms with Crippen molar-refractivity contribution in [2.75, 3.05) is 18.0 Å². The van der Waals surface area contributed by atoms with Crippen LogP contribution in [0.5, 0.6) is 0 Å². The molecule has 0 bridgehead atoms. The summed E-state index contributed by atoms with van der Waals surface area (Å²) in [6.07, 6.45) is 5.50. The van der Waals surface area contributed by atoms with Crippen LogP contribution in [0.25, 0.3) is 22.4 Å². The van der Waals surface area contributed by atoms with Gasteiger partial charge in [-0.1, -0.05) is 30.3 Å². The van der Waals surface area contributed by atoms with E-state index in [-0.39, 0.29) is 11.5 Å². The average molecular weight is 372 g/mol. The van der Waals surface area contributed by atoms with Gasteiger partial charge in [-0.2, -0.15) is 0 Å². The lowest BCUT2D eigenvalue weighted by molar-refractivity contribution is 0.499. The van der Waals surface area contributed by atoms with Gasteiger partial charge >= 0.3 is 0 Å². The van der Waals surface area contributed by atoms with Gasteiger partial charge in [0.15, 0.2) is 0 Å². The maximum atomic E-state index is 12.3. The van der Waals surface area contributed by atoms with Gasteiger partial charge in [-0.15, -0.1) is 0 Å². The van der Waals surface area contributed by atoms with E-state index in [0.29, 0.717) is 5.82 Å². The molecule has 1 unspecified atom stereocenters. The summed E-state index contributed by atoms with van der Waals surface area (Å²) in [5, 5.41) is 1.02. The number of hydrogen-bond acceptors (Lipinski definition) is 5. The number of rotatable bonds is 3. The Kier molecular flexibility index (Phi) is 4.16. The second kappa shape index (κ2) is 6.96. The molecule has 6 heteroatoms. The molecule has 4 aromatic rings. The number of nitrogens with zero attached hydrogens (tertiary/aromatic N) is 3. The van der Waals surface area contributed by atoms with Gasteiger partial charge in [-0.3, -0.25) is 4.79 Å². The zero-order valence-electron chi connectivity index (χ0n) is 15.3. The lowest BCUT2D eigenvalue weighted by Crippen LogP contribution is -2.35. The first-order chi connectivity index (χ1) is 13.8. The highest BCUT2D eigenvalue weighted by atomic mass is 16.3. The summed E-state index contributed by atoms with van der Waals surface area (Å²) in [5.41, 5.74) is 2.48. The summed E-state index contributed by atoms with van der Waals surface area (Å²) < 4.78 is 5.52. The normalized spacial score (nSPS) is 17.1. The molecular formula is C22H20N4O2. The van der Waals surface area contributed by atoms with Gasteiger partial charge in [0.25, 0.3) is 5.56 Å². The number of hydrogen-bond donors (Lipinski definition) is 1. The molecule has 1 aromatic carbocycles. The van der Waals surface area contributed by atoms with Crippen LogP contribution in [0.15, 0.2) is 70.2 Å². The molecule has 0 spiro atoms. The minimum absolute atomic E-state index is 0.115. The van der Waals surface area contributed by atoms with Crippen molar-refractivity contribution in [3.8, 4) is 11.4 Å². The molecule has 4 heterocycles. The molecule has 1 aliphatic heterocycles. The summed E-state index contributed by atoms with van der Waals surface area (Å²) >= 11 is 0. The molecule has 0 saturated carbocycles. The van der Waals surface area contributed by atoms with E-state index >= 15 is 0 Å². The first kappa shape index (κ1) is 16.7. The molecule has 1 aliphatic rings. The molecule has 6 nitrogen and oxygen atoms in total. The van der Waals surface area contributed by atoms with Crippen molar-refractivity contribution in [3.05, 3.63) is 77.0 Å². The van der Waals surface area contributed by atoms with Gasteiger partial charge < -0.3 is 14.3 Å². The average Bonchev–Trinajstić information content (AvgIpc) is 3.23. The zero-order valence-corrected chi connectivity index (χ0v) is 15.3. The van der Waals surface area contributed by atoms with Crippen LogP contribution >= 0.6 is 0 Å². The van der Waals surface area contributed by atoms with E-state index in [9.17, 15) is 4.79 Å². The number of benzene rings is 1. The van der Waals surface area contributed by atoms with Crippen LogP contribution in [-0.2, 0) is 0 Å². The topological polar surface area (TPSA) is 75.0 Å². The molecular weight excluding hydrogens is 352 g/mol. The maximum Gasteiger partial charge on any atom is 0.251 e. The first-order valence-electron chi connectivity index (χ1n) is 9.52. The fourth-order valence-electron chi connectivity index (χ4n) is 3.96. The van der Waals surface area contributed by atoms with Crippen LogP contribution in [0.4, 0.5) is 5.82 Å². The third kappa shape index (κ3) is 3.07. The quantitative estimate of drug-likeness (QED) is 0.589. The Hall–Kier alpha value is -3.41. The van der Waals surface area contributed by atoms with Gasteiger partial charge in [0.2, 0.25) is 0 Å². The Balaban J connectivity index is 1.48. The summed E-state index contributed by atoms with van der Waals surface area (Å²) in [7, 11) is 0. The van der Waals surface area contributed by atoms with E-state index in [1.807, 2.05) is 42.5 Å². The van der Waals surface area contributed by atoms with E-state index in [1.165, 1.54) is 0 Å². The molecule has 1 saturated heterocycles. The van der Waals surface area contributed by atoms with E-state index in [2.05, 4.69) is 14.9 Å². The fraction of sp³-hybridized carbons (Fsp3) is 0.227. The van der Waals surface area contributed by atoms with E-state index < -0.39 is 0 Å².